The van der Waals surface area contributed by atoms with E-state index < -0.39 is 8.07 Å². The number of anilines is 3. The molecule has 2 spiro atoms. The van der Waals surface area contributed by atoms with Gasteiger partial charge in [0.05, 0.1) is 0 Å². The van der Waals surface area contributed by atoms with Gasteiger partial charge in [0, 0.05) is 27.9 Å². The van der Waals surface area contributed by atoms with Crippen molar-refractivity contribution in [3.63, 3.8) is 0 Å². The van der Waals surface area contributed by atoms with Crippen molar-refractivity contribution in [2.75, 3.05) is 4.90 Å². The molecule has 8 aromatic rings. The molecule has 2 heteroatoms. The second kappa shape index (κ2) is 14.4. The molecule has 0 unspecified atom stereocenters. The van der Waals surface area contributed by atoms with E-state index in [-0.39, 0.29) is 10.8 Å². The Balaban J connectivity index is 0.981. The Kier molecular flexibility index (Phi) is 8.43. The summed E-state index contributed by atoms with van der Waals surface area (Å²) in [4.78, 5) is 2.64. The van der Waals surface area contributed by atoms with E-state index in [0.29, 0.717) is 0 Å². The van der Waals surface area contributed by atoms with Crippen molar-refractivity contribution >= 4 is 45.9 Å². The third-order valence-corrected chi connectivity index (χ3v) is 22.7. The first kappa shape index (κ1) is 38.1. The van der Waals surface area contributed by atoms with E-state index in [1.54, 1.807) is 16.7 Å². The molecular formula is C63H55NSi. The molecule has 0 saturated heterocycles. The summed E-state index contributed by atoms with van der Waals surface area (Å²) in [6.07, 6.45) is 12.1. The molecule has 1 nitrogen and oxygen atoms in total. The van der Waals surface area contributed by atoms with Crippen LogP contribution in [0, 0.1) is 23.7 Å². The summed E-state index contributed by atoms with van der Waals surface area (Å²) in [6, 6.07) is 78.1. The Morgan fingerprint density at radius 3 is 1.32 bits per heavy atom. The zero-order valence-electron chi connectivity index (χ0n) is 37.2. The highest BCUT2D eigenvalue weighted by atomic mass is 28.3. The Morgan fingerprint density at radius 2 is 0.769 bits per heavy atom. The molecule has 4 bridgehead atoms. The molecule has 0 atom stereocenters. The van der Waals surface area contributed by atoms with E-state index in [9.17, 15) is 0 Å². The molecule has 7 aliphatic carbocycles. The van der Waals surface area contributed by atoms with Gasteiger partial charge in [-0.2, -0.15) is 0 Å². The van der Waals surface area contributed by atoms with Crippen molar-refractivity contribution in [3.05, 3.63) is 222 Å². The van der Waals surface area contributed by atoms with Gasteiger partial charge in [-0.25, -0.2) is 0 Å². The number of nitrogens with zero attached hydrogens (tertiary/aromatic N) is 1. The molecule has 5 saturated carbocycles. The zero-order chi connectivity index (χ0) is 42.7. The second-order valence-electron chi connectivity index (χ2n) is 20.7. The van der Waals surface area contributed by atoms with Gasteiger partial charge >= 0.3 is 0 Å². The predicted molar refractivity (Wildman–Crippen MR) is 273 cm³/mol. The van der Waals surface area contributed by atoms with E-state index in [4.69, 9.17) is 0 Å². The van der Waals surface area contributed by atoms with Crippen LogP contribution < -0.4 is 25.6 Å². The van der Waals surface area contributed by atoms with Crippen molar-refractivity contribution in [2.24, 2.45) is 23.7 Å². The number of hydrogen-bond donors (Lipinski definition) is 0. The number of rotatable bonds is 7. The lowest BCUT2D eigenvalue weighted by Gasteiger charge is -2.61. The first-order valence-electron chi connectivity index (χ1n) is 24.7. The van der Waals surface area contributed by atoms with Crippen molar-refractivity contribution in [2.45, 2.75) is 68.6 Å². The maximum absolute atomic E-state index is 2.70. The molecule has 8 aromatic carbocycles. The monoisotopic (exact) mass is 853 g/mol. The number of benzene rings is 8. The molecular weight excluding hydrogens is 799 g/mol. The maximum atomic E-state index is 2.69. The molecule has 5 fully saturated rings. The summed E-state index contributed by atoms with van der Waals surface area (Å²) in [5, 5.41) is 5.61. The van der Waals surface area contributed by atoms with Crippen molar-refractivity contribution < 1.29 is 0 Å². The van der Waals surface area contributed by atoms with Gasteiger partial charge in [0.25, 0.3) is 0 Å². The van der Waals surface area contributed by atoms with Gasteiger partial charge in [0.1, 0.15) is 0 Å². The van der Waals surface area contributed by atoms with Crippen LogP contribution in [0.3, 0.4) is 0 Å². The molecule has 0 radical (unpaired) electrons. The van der Waals surface area contributed by atoms with E-state index in [1.807, 2.05) is 0 Å². The summed E-state index contributed by atoms with van der Waals surface area (Å²) in [5.41, 5.74) is 16.1. The molecule has 0 N–H and O–H groups in total. The lowest BCUT2D eigenvalue weighted by atomic mass is 9.43. The average molecular weight is 854 g/mol. The number of fused-ring (bicyclic) bond motifs is 8. The SMILES string of the molecule is c1ccc([Si](c2ccccc2)(c2ccccc2)c2ccc(N(c3ccc4c(c3)C3(CCCC3)c3ccccc3-4)c3ccc4c(c3)C3(c5ccccc5-4)C4CC5CC(C4)CC3C5)cc2)cc1. The topological polar surface area (TPSA) is 3.24 Å². The van der Waals surface area contributed by atoms with Crippen molar-refractivity contribution in [3.8, 4) is 22.3 Å². The molecule has 65 heavy (non-hydrogen) atoms. The molecule has 0 aromatic heterocycles. The first-order valence-corrected chi connectivity index (χ1v) is 26.7. The van der Waals surface area contributed by atoms with Crippen LogP contribution in [0.15, 0.2) is 200 Å². The minimum absolute atomic E-state index is 0.0910. The lowest BCUT2D eigenvalue weighted by Crippen LogP contribution is -2.74. The minimum Gasteiger partial charge on any atom is -0.310 e. The van der Waals surface area contributed by atoms with E-state index >= 15 is 0 Å². The Morgan fingerprint density at radius 1 is 0.354 bits per heavy atom. The normalized spacial score (nSPS) is 23.6. The fraction of sp³-hybridized carbons (Fsp3) is 0.238. The van der Waals surface area contributed by atoms with Gasteiger partial charge < -0.3 is 4.90 Å². The molecule has 0 aliphatic heterocycles. The molecule has 0 amide bonds. The summed E-state index contributed by atoms with van der Waals surface area (Å²) < 4.78 is 0. The van der Waals surface area contributed by atoms with Gasteiger partial charge in [-0.15, -0.1) is 0 Å². The van der Waals surface area contributed by atoms with E-state index in [0.717, 1.165) is 23.7 Å². The van der Waals surface area contributed by atoms with Crippen LogP contribution >= 0.6 is 0 Å². The van der Waals surface area contributed by atoms with Crippen molar-refractivity contribution in [1.29, 1.82) is 0 Å². The summed E-state index contributed by atoms with van der Waals surface area (Å²) in [6.45, 7) is 0. The van der Waals surface area contributed by atoms with Crippen LogP contribution in [0.25, 0.3) is 22.3 Å². The highest BCUT2D eigenvalue weighted by Crippen LogP contribution is 2.69. The molecule has 316 valence electrons. The Hall–Kier alpha value is -6.22. The highest BCUT2D eigenvalue weighted by molar-refractivity contribution is 7.19. The van der Waals surface area contributed by atoms with Crippen molar-refractivity contribution in [1.82, 2.24) is 0 Å². The van der Waals surface area contributed by atoms with E-state index in [2.05, 4.69) is 205 Å². The van der Waals surface area contributed by atoms with Crippen LogP contribution in [-0.4, -0.2) is 8.07 Å². The summed E-state index contributed by atoms with van der Waals surface area (Å²) in [7, 11) is -2.70. The van der Waals surface area contributed by atoms with Gasteiger partial charge in [-0.1, -0.05) is 177 Å². The van der Waals surface area contributed by atoms with Crippen LogP contribution in [0.4, 0.5) is 17.1 Å². The molecule has 0 heterocycles. The smallest absolute Gasteiger partial charge is 0.179 e. The van der Waals surface area contributed by atoms with Crippen LogP contribution in [0.1, 0.15) is 80.0 Å². The summed E-state index contributed by atoms with van der Waals surface area (Å²) >= 11 is 0. The van der Waals surface area contributed by atoms with E-state index in [1.165, 1.54) is 123 Å². The third-order valence-electron chi connectivity index (χ3n) is 17.9. The van der Waals surface area contributed by atoms with Gasteiger partial charge in [0.2, 0.25) is 0 Å². The maximum Gasteiger partial charge on any atom is 0.179 e. The molecule has 15 rings (SSSR count). The first-order chi connectivity index (χ1) is 32.2. The average Bonchev–Trinajstić information content (AvgIpc) is 4.05. The Bertz CT molecular complexity index is 2980. The minimum atomic E-state index is -2.70. The summed E-state index contributed by atoms with van der Waals surface area (Å²) in [5.74, 6) is 3.26. The molecule has 7 aliphatic rings. The van der Waals surface area contributed by atoms with Crippen LogP contribution in [0.2, 0.25) is 0 Å². The highest BCUT2D eigenvalue weighted by Gasteiger charge is 2.61. The zero-order valence-corrected chi connectivity index (χ0v) is 38.2. The predicted octanol–water partition coefficient (Wildman–Crippen LogP) is 13.1. The lowest BCUT2D eigenvalue weighted by molar-refractivity contribution is -0.0399. The van der Waals surface area contributed by atoms with Gasteiger partial charge in [0.15, 0.2) is 8.07 Å². The van der Waals surface area contributed by atoms with Gasteiger partial charge in [-0.05, 0) is 170 Å². The largest absolute Gasteiger partial charge is 0.310 e. The fourth-order valence-corrected chi connectivity index (χ4v) is 20.5. The van der Waals surface area contributed by atoms with Crippen LogP contribution in [-0.2, 0) is 10.8 Å². The Labute approximate surface area is 385 Å². The standard InChI is InChI=1S/C63H55NSi/c1-4-16-50(17-5-1)65(51-18-6-2-7-19-51,52-20-8-3-9-21-52)53-30-26-47(27-31-53)64(48-28-32-56-54-22-10-12-24-58(54)62(60(56)41-48)34-14-15-35-62)49-29-33-57-55-23-11-13-25-59(55)63(61(57)42-49)45-37-43-36-44(39-45)40-46(63)38-43/h1-13,16-33,41-46H,14-15,34-40H2. The second-order valence-corrected chi connectivity index (χ2v) is 24.6. The van der Waals surface area contributed by atoms with Gasteiger partial charge in [-0.3, -0.25) is 0 Å². The fourth-order valence-electron chi connectivity index (χ4n) is 15.8. The third kappa shape index (κ3) is 5.26. The quantitative estimate of drug-likeness (QED) is 0.114. The van der Waals surface area contributed by atoms with Crippen LogP contribution in [0.5, 0.6) is 0 Å². The number of hydrogen-bond acceptors (Lipinski definition) is 1.